The summed E-state index contributed by atoms with van der Waals surface area (Å²) >= 11 is 0. The van der Waals surface area contributed by atoms with Crippen molar-refractivity contribution in [2.75, 3.05) is 19.0 Å². The van der Waals surface area contributed by atoms with Gasteiger partial charge in [-0.1, -0.05) is 18.2 Å². The van der Waals surface area contributed by atoms with E-state index in [4.69, 9.17) is 4.74 Å². The number of para-hydroxylation sites is 1. The molecule has 0 saturated carbocycles. The smallest absolute Gasteiger partial charge is 0.243 e. The fourth-order valence-electron chi connectivity index (χ4n) is 2.70. The van der Waals surface area contributed by atoms with E-state index in [1.165, 1.54) is 0 Å². The van der Waals surface area contributed by atoms with Crippen LogP contribution in [0.2, 0.25) is 0 Å². The minimum Gasteiger partial charge on any atom is -0.496 e. The standard InChI is InChI=1S/C20H22F3N3O3/c1-11(13-6-4-5-7-16(13)29-3)25-12(2)20(28)24-10-17(27)26-15-9-8-14(21)18(22)19(15)23/h4-9,11-12,25H,10H2,1-3H3,(H,24,28)(H,26,27)/t11-,12-/m1/s1. The van der Waals surface area contributed by atoms with Crippen LogP contribution in [0.25, 0.3) is 0 Å². The number of anilines is 1. The number of methoxy groups -OCH3 is 1. The van der Waals surface area contributed by atoms with E-state index in [0.717, 1.165) is 11.6 Å². The van der Waals surface area contributed by atoms with Crippen LogP contribution < -0.4 is 20.7 Å². The average molecular weight is 409 g/mol. The van der Waals surface area contributed by atoms with Crippen molar-refractivity contribution in [1.82, 2.24) is 10.6 Å². The molecule has 29 heavy (non-hydrogen) atoms. The number of carbonyl (C=O) groups excluding carboxylic acids is 2. The molecular formula is C20H22F3N3O3. The molecule has 0 heterocycles. The summed E-state index contributed by atoms with van der Waals surface area (Å²) in [6.07, 6.45) is 0. The zero-order chi connectivity index (χ0) is 21.6. The number of rotatable bonds is 8. The highest BCUT2D eigenvalue weighted by molar-refractivity contribution is 5.95. The number of carbonyl (C=O) groups is 2. The molecule has 2 amide bonds. The van der Waals surface area contributed by atoms with Gasteiger partial charge in [-0.3, -0.25) is 14.9 Å². The summed E-state index contributed by atoms with van der Waals surface area (Å²) < 4.78 is 45.0. The van der Waals surface area contributed by atoms with Crippen molar-refractivity contribution in [1.29, 1.82) is 0 Å². The van der Waals surface area contributed by atoms with Gasteiger partial charge in [0.05, 0.1) is 25.4 Å². The average Bonchev–Trinajstić information content (AvgIpc) is 2.72. The molecule has 0 unspecified atom stereocenters. The van der Waals surface area contributed by atoms with Crippen LogP contribution >= 0.6 is 0 Å². The van der Waals surface area contributed by atoms with E-state index in [1.54, 1.807) is 20.1 Å². The fraction of sp³-hybridized carbons (Fsp3) is 0.300. The second kappa shape index (κ2) is 9.92. The van der Waals surface area contributed by atoms with Crippen molar-refractivity contribution in [3.8, 4) is 5.75 Å². The van der Waals surface area contributed by atoms with Gasteiger partial charge in [0.1, 0.15) is 5.75 Å². The first kappa shape index (κ1) is 22.2. The summed E-state index contributed by atoms with van der Waals surface area (Å²) in [7, 11) is 1.55. The van der Waals surface area contributed by atoms with E-state index in [1.807, 2.05) is 25.1 Å². The van der Waals surface area contributed by atoms with Crippen LogP contribution in [0.1, 0.15) is 25.5 Å². The van der Waals surface area contributed by atoms with Gasteiger partial charge < -0.3 is 15.4 Å². The van der Waals surface area contributed by atoms with Crippen LogP contribution in [0.15, 0.2) is 36.4 Å². The van der Waals surface area contributed by atoms with Crippen LogP contribution in [0.4, 0.5) is 18.9 Å². The molecule has 0 aliphatic heterocycles. The van der Waals surface area contributed by atoms with Crippen LogP contribution in [-0.4, -0.2) is 31.5 Å². The fourth-order valence-corrected chi connectivity index (χ4v) is 2.70. The first-order chi connectivity index (χ1) is 13.7. The summed E-state index contributed by atoms with van der Waals surface area (Å²) in [5.41, 5.74) is 0.348. The third-order valence-electron chi connectivity index (χ3n) is 4.23. The lowest BCUT2D eigenvalue weighted by atomic mass is 10.1. The number of nitrogens with one attached hydrogen (secondary N) is 3. The Hall–Kier alpha value is -3.07. The zero-order valence-electron chi connectivity index (χ0n) is 16.2. The highest BCUT2D eigenvalue weighted by Gasteiger charge is 2.20. The number of ether oxygens (including phenoxy) is 1. The predicted octanol–water partition coefficient (Wildman–Crippen LogP) is 2.91. The summed E-state index contributed by atoms with van der Waals surface area (Å²) in [6.45, 7) is 3.01. The molecule has 6 nitrogen and oxygen atoms in total. The van der Waals surface area contributed by atoms with Crippen LogP contribution in [0, 0.1) is 17.5 Å². The Bertz CT molecular complexity index is 893. The predicted molar refractivity (Wildman–Crippen MR) is 102 cm³/mol. The SMILES string of the molecule is COc1ccccc1[C@@H](C)N[C@H](C)C(=O)NCC(=O)Nc1ccc(F)c(F)c1F. The molecule has 156 valence electrons. The highest BCUT2D eigenvalue weighted by atomic mass is 19.2. The second-order valence-electron chi connectivity index (χ2n) is 6.34. The molecule has 0 saturated heterocycles. The van der Waals surface area contributed by atoms with Crippen molar-refractivity contribution in [3.05, 3.63) is 59.4 Å². The second-order valence-corrected chi connectivity index (χ2v) is 6.34. The monoisotopic (exact) mass is 409 g/mol. The molecule has 0 radical (unpaired) electrons. The van der Waals surface area contributed by atoms with Gasteiger partial charge in [0.15, 0.2) is 17.5 Å². The normalized spacial score (nSPS) is 12.8. The summed E-state index contributed by atoms with van der Waals surface area (Å²) in [6, 6.07) is 8.08. The van der Waals surface area contributed by atoms with Gasteiger partial charge in [0.2, 0.25) is 11.8 Å². The summed E-state index contributed by atoms with van der Waals surface area (Å²) in [5.74, 6) is -5.13. The maximum atomic E-state index is 13.6. The maximum Gasteiger partial charge on any atom is 0.243 e. The molecule has 0 aliphatic rings. The van der Waals surface area contributed by atoms with Gasteiger partial charge in [-0.15, -0.1) is 0 Å². The van der Waals surface area contributed by atoms with Crippen molar-refractivity contribution >= 4 is 17.5 Å². The lowest BCUT2D eigenvalue weighted by molar-refractivity contribution is -0.125. The van der Waals surface area contributed by atoms with E-state index in [9.17, 15) is 22.8 Å². The van der Waals surface area contributed by atoms with Crippen LogP contribution in [-0.2, 0) is 9.59 Å². The summed E-state index contributed by atoms with van der Waals surface area (Å²) in [4.78, 5) is 24.1. The highest BCUT2D eigenvalue weighted by Crippen LogP contribution is 2.24. The van der Waals surface area contributed by atoms with Gasteiger partial charge in [0.25, 0.3) is 0 Å². The van der Waals surface area contributed by atoms with Crippen molar-refractivity contribution < 1.29 is 27.5 Å². The molecule has 0 fully saturated rings. The molecule has 0 bridgehead atoms. The largest absolute Gasteiger partial charge is 0.496 e. The third-order valence-corrected chi connectivity index (χ3v) is 4.23. The van der Waals surface area contributed by atoms with Crippen molar-refractivity contribution in [2.45, 2.75) is 25.9 Å². The molecule has 0 aliphatic carbocycles. The third kappa shape index (κ3) is 5.71. The quantitative estimate of drug-likeness (QED) is 0.586. The number of amides is 2. The Balaban J connectivity index is 1.88. The molecule has 2 aromatic carbocycles. The Morgan fingerprint density at radius 3 is 2.41 bits per heavy atom. The summed E-state index contributed by atoms with van der Waals surface area (Å²) in [5, 5.41) is 7.57. The Morgan fingerprint density at radius 1 is 1.03 bits per heavy atom. The number of hydrogen-bond donors (Lipinski definition) is 3. The van der Waals surface area contributed by atoms with Gasteiger partial charge in [-0.2, -0.15) is 0 Å². The molecule has 2 atom stereocenters. The van der Waals surface area contributed by atoms with Gasteiger partial charge in [-0.25, -0.2) is 13.2 Å². The topological polar surface area (TPSA) is 79.5 Å². The van der Waals surface area contributed by atoms with E-state index < -0.39 is 47.5 Å². The first-order valence-electron chi connectivity index (χ1n) is 8.84. The Labute approximate surface area is 166 Å². The minimum absolute atomic E-state index is 0.211. The Morgan fingerprint density at radius 2 is 1.72 bits per heavy atom. The Kier molecular flexibility index (Phi) is 7.60. The van der Waals surface area contributed by atoms with Crippen molar-refractivity contribution in [2.24, 2.45) is 0 Å². The van der Waals surface area contributed by atoms with E-state index >= 15 is 0 Å². The molecule has 0 spiro atoms. The number of hydrogen-bond acceptors (Lipinski definition) is 4. The van der Waals surface area contributed by atoms with E-state index in [-0.39, 0.29) is 6.04 Å². The number of benzene rings is 2. The van der Waals surface area contributed by atoms with E-state index in [2.05, 4.69) is 16.0 Å². The lowest BCUT2D eigenvalue weighted by Crippen LogP contribution is -2.45. The zero-order valence-corrected chi connectivity index (χ0v) is 16.2. The molecule has 3 N–H and O–H groups in total. The van der Waals surface area contributed by atoms with Crippen LogP contribution in [0.5, 0.6) is 5.75 Å². The molecular weight excluding hydrogens is 387 g/mol. The van der Waals surface area contributed by atoms with E-state index in [0.29, 0.717) is 11.8 Å². The molecule has 9 heteroatoms. The van der Waals surface area contributed by atoms with Crippen molar-refractivity contribution in [3.63, 3.8) is 0 Å². The van der Waals surface area contributed by atoms with Gasteiger partial charge >= 0.3 is 0 Å². The molecule has 0 aromatic heterocycles. The lowest BCUT2D eigenvalue weighted by Gasteiger charge is -2.21. The molecule has 2 aromatic rings. The first-order valence-corrected chi connectivity index (χ1v) is 8.84. The number of halogens is 3. The minimum atomic E-state index is -1.69. The molecule has 2 rings (SSSR count). The van der Waals surface area contributed by atoms with Crippen LogP contribution in [0.3, 0.4) is 0 Å². The maximum absolute atomic E-state index is 13.6. The van der Waals surface area contributed by atoms with Gasteiger partial charge in [0, 0.05) is 11.6 Å². The van der Waals surface area contributed by atoms with Gasteiger partial charge in [-0.05, 0) is 32.0 Å².